The van der Waals surface area contributed by atoms with Crippen LogP contribution in [0.1, 0.15) is 91.6 Å². The number of hydrogen-bond acceptors (Lipinski definition) is 13. The molecule has 5 aliphatic carbocycles. The van der Waals surface area contributed by atoms with Crippen molar-refractivity contribution in [2.45, 2.75) is 53.8 Å². The third kappa shape index (κ3) is 10.6. The van der Waals surface area contributed by atoms with Crippen LogP contribution in [0.3, 0.4) is 0 Å². The average Bonchev–Trinajstić information content (AvgIpc) is 4.04. The largest absolute Gasteiger partial charge is 0.872 e. The number of allylic oxidation sites excluding steroid dienone is 14. The molecule has 1 atom stereocenters. The number of aliphatic carboxylic acids is 3. The van der Waals surface area contributed by atoms with E-state index >= 15 is 0 Å². The number of ether oxygens (including phenoxy) is 4. The second-order valence-electron chi connectivity index (χ2n) is 17.9. The van der Waals surface area contributed by atoms with E-state index in [0.29, 0.717) is 55.7 Å². The number of carboxylic acids is 3. The SMILES string of the molecule is C=C([O-])C[n+]1cc(C(=O)OC)c2c(c1)C(C)=C/C2=C\c1cc(C)c2cn(CC(=O)O)cc(C(=O)OC)c1-2.COC(=O)C1=CC(CC(=O)O)C=C2C(/C=C3\C=C(C)c4c(C(=O)OC)c[n+](CC(=O)[O-])cc43)=CC(C)=C12. The van der Waals surface area contributed by atoms with Gasteiger partial charge in [0.05, 0.1) is 57.1 Å². The number of pyridine rings is 3. The van der Waals surface area contributed by atoms with Gasteiger partial charge in [-0.3, -0.25) is 9.59 Å². The number of carboxylic acid groups (broad SMARTS) is 3. The second-order valence-corrected chi connectivity index (χ2v) is 17.9. The van der Waals surface area contributed by atoms with Crippen LogP contribution in [0.15, 0.2) is 120 Å². The highest BCUT2D eigenvalue weighted by Gasteiger charge is 2.34. The monoisotopic (exact) mass is 1010 g/mol. The Kier molecular flexibility index (Phi) is 15.1. The Morgan fingerprint density at radius 3 is 1.85 bits per heavy atom. The van der Waals surface area contributed by atoms with Crippen LogP contribution in [-0.4, -0.2) is 85.0 Å². The minimum Gasteiger partial charge on any atom is -0.872 e. The number of aromatic nitrogens is 3. The van der Waals surface area contributed by atoms with Crippen LogP contribution in [0.25, 0.3) is 39.5 Å². The lowest BCUT2D eigenvalue weighted by molar-refractivity contribution is -0.700. The summed E-state index contributed by atoms with van der Waals surface area (Å²) in [4.78, 5) is 84.5. The summed E-state index contributed by atoms with van der Waals surface area (Å²) >= 11 is 0. The molecule has 2 aromatic heterocycles. The standard InChI is InChI=1S/C28H26N2O7.C28H25NO8/c1-15-6-18(25-20(15)10-29(9-17(3)31)12-22(25)27(34)36-4)8-19-7-16(2)21-11-30(14-24(32)33)13-23(26(19)21)28(35)37-5;1-14-5-17(19-7-16(9-23(30)31)8-20(25(14)19)27(34)36-3)10-18-6-15(2)26-21(18)11-29(13-24(32)33)12-22(26)28(35)37-4/h6-8,10-13H,3,9,14H2,1-2,4-5H3,(H-,31,32,33);5-8,10-12,16H,9,13H2,1-4H3,(H-,30,31,32,33)/b;18-10+. The van der Waals surface area contributed by atoms with Crippen molar-refractivity contribution in [1.29, 1.82) is 0 Å². The van der Waals surface area contributed by atoms with Gasteiger partial charge in [-0.1, -0.05) is 42.2 Å². The van der Waals surface area contributed by atoms with Gasteiger partial charge < -0.3 is 48.7 Å². The zero-order valence-corrected chi connectivity index (χ0v) is 41.7. The van der Waals surface area contributed by atoms with Crippen molar-refractivity contribution in [2.24, 2.45) is 5.92 Å². The second kappa shape index (κ2) is 21.3. The van der Waals surface area contributed by atoms with E-state index in [2.05, 4.69) is 6.58 Å². The Bertz CT molecular complexity index is 3400. The predicted octanol–water partition coefficient (Wildman–Crippen LogP) is 4.38. The first kappa shape index (κ1) is 52.6. The molecule has 8 rings (SSSR count). The fraction of sp³-hybridized carbons (Fsp3) is 0.232. The summed E-state index contributed by atoms with van der Waals surface area (Å²) in [7, 11) is 5.09. The third-order valence-corrected chi connectivity index (χ3v) is 12.7. The molecule has 2 aromatic rings. The Morgan fingerprint density at radius 2 is 1.26 bits per heavy atom. The first-order valence-electron chi connectivity index (χ1n) is 22.8. The van der Waals surface area contributed by atoms with Gasteiger partial charge in [0.2, 0.25) is 0 Å². The Labute approximate surface area is 424 Å². The fourth-order valence-electron chi connectivity index (χ4n) is 9.76. The number of aryl methyl sites for hydroxylation is 1. The molecule has 0 saturated heterocycles. The summed E-state index contributed by atoms with van der Waals surface area (Å²) in [6, 6.07) is 1.90. The van der Waals surface area contributed by atoms with Crippen LogP contribution >= 0.6 is 0 Å². The molecule has 74 heavy (non-hydrogen) atoms. The number of esters is 4. The molecule has 0 fully saturated rings. The van der Waals surface area contributed by atoms with Crippen molar-refractivity contribution in [3.8, 4) is 11.1 Å². The van der Waals surface area contributed by atoms with Crippen molar-refractivity contribution >= 4 is 70.2 Å². The quantitative estimate of drug-likeness (QED) is 0.0770. The first-order chi connectivity index (χ1) is 35.1. The summed E-state index contributed by atoms with van der Waals surface area (Å²) in [5, 5.41) is 41.5. The van der Waals surface area contributed by atoms with E-state index < -0.39 is 54.2 Å². The first-order valence-corrected chi connectivity index (χ1v) is 22.8. The van der Waals surface area contributed by atoms with E-state index in [1.807, 2.05) is 70.2 Å². The smallest absolute Gasteiger partial charge is 0.344 e. The van der Waals surface area contributed by atoms with Gasteiger partial charge >= 0.3 is 35.8 Å². The lowest BCUT2D eigenvalue weighted by atomic mass is 9.83. The molecule has 0 bridgehead atoms. The zero-order chi connectivity index (χ0) is 54.0. The molecule has 2 N–H and O–H groups in total. The molecule has 6 aliphatic rings. The maximum absolute atomic E-state index is 12.7. The van der Waals surface area contributed by atoms with Crippen LogP contribution in [0.5, 0.6) is 0 Å². The predicted molar refractivity (Wildman–Crippen MR) is 263 cm³/mol. The van der Waals surface area contributed by atoms with E-state index in [1.165, 1.54) is 50.0 Å². The normalized spacial score (nSPS) is 16.2. The highest BCUT2D eigenvalue weighted by Crippen LogP contribution is 2.46. The number of carbonyl (C=O) groups is 7. The number of methoxy groups -OCH3 is 4. The lowest BCUT2D eigenvalue weighted by Gasteiger charge is -2.21. The van der Waals surface area contributed by atoms with E-state index in [-0.39, 0.29) is 36.4 Å². The van der Waals surface area contributed by atoms with Crippen molar-refractivity contribution < 1.29 is 82.1 Å². The minimum atomic E-state index is -1.31. The topological polar surface area (TPSA) is 256 Å². The van der Waals surface area contributed by atoms with E-state index in [1.54, 1.807) is 35.4 Å². The van der Waals surface area contributed by atoms with E-state index in [0.717, 1.165) is 44.6 Å². The zero-order valence-electron chi connectivity index (χ0n) is 41.7. The van der Waals surface area contributed by atoms with Gasteiger partial charge in [0.15, 0.2) is 37.9 Å². The molecule has 3 heterocycles. The Balaban J connectivity index is 0.000000216. The van der Waals surface area contributed by atoms with Crippen molar-refractivity contribution in [3.63, 3.8) is 0 Å². The number of fused-ring (bicyclic) bond motifs is 4. The highest BCUT2D eigenvalue weighted by molar-refractivity contribution is 6.10. The molecule has 0 radical (unpaired) electrons. The van der Waals surface area contributed by atoms with Crippen molar-refractivity contribution in [3.05, 3.63) is 170 Å². The lowest BCUT2D eigenvalue weighted by Crippen LogP contribution is -2.44. The van der Waals surface area contributed by atoms with Gasteiger partial charge in [-0.05, 0) is 95.6 Å². The number of rotatable bonds is 14. The van der Waals surface area contributed by atoms with Crippen LogP contribution in [-0.2, 0) is 57.8 Å². The van der Waals surface area contributed by atoms with Gasteiger partial charge in [-0.25, -0.2) is 23.7 Å². The summed E-state index contributed by atoms with van der Waals surface area (Å²) in [5.74, 6) is -6.45. The Hall–Kier alpha value is -9.19. The number of carbonyl (C=O) groups excluding carboxylic acids is 5. The van der Waals surface area contributed by atoms with E-state index in [9.17, 15) is 54.0 Å². The molecule has 0 spiro atoms. The summed E-state index contributed by atoms with van der Waals surface area (Å²) in [5.41, 5.74) is 12.7. The molecule has 0 amide bonds. The van der Waals surface area contributed by atoms with Gasteiger partial charge in [-0.15, -0.1) is 6.58 Å². The molecular weight excluding hydrogens is 955 g/mol. The molecule has 0 aromatic carbocycles. The van der Waals surface area contributed by atoms with Gasteiger partial charge in [-0.2, -0.15) is 4.57 Å². The van der Waals surface area contributed by atoms with Crippen molar-refractivity contribution in [1.82, 2.24) is 4.57 Å². The molecule has 1 aliphatic heterocycles. The molecular formula is C56H51N3O15. The molecule has 18 nitrogen and oxygen atoms in total. The minimum absolute atomic E-state index is 0.00904. The number of nitrogens with zero attached hydrogens (tertiary/aromatic N) is 3. The van der Waals surface area contributed by atoms with E-state index in [4.69, 9.17) is 18.9 Å². The number of hydrogen-bond donors (Lipinski definition) is 2. The van der Waals surface area contributed by atoms with Crippen LogP contribution in [0.2, 0.25) is 0 Å². The fourth-order valence-corrected chi connectivity index (χ4v) is 9.76. The summed E-state index contributed by atoms with van der Waals surface area (Å²) in [6.45, 7) is 10.1. The third-order valence-electron chi connectivity index (χ3n) is 12.7. The maximum atomic E-state index is 12.7. The molecule has 1 unspecified atom stereocenters. The van der Waals surface area contributed by atoms with Crippen LogP contribution in [0, 0.1) is 12.8 Å². The van der Waals surface area contributed by atoms with Gasteiger partial charge in [0, 0.05) is 40.6 Å². The molecule has 18 heteroatoms. The van der Waals surface area contributed by atoms with Gasteiger partial charge in [0.25, 0.3) is 0 Å². The molecule has 380 valence electrons. The molecule has 0 saturated carbocycles. The van der Waals surface area contributed by atoms with Gasteiger partial charge in [0.1, 0.15) is 23.6 Å². The average molecular weight is 1010 g/mol. The van der Waals surface area contributed by atoms with Crippen LogP contribution < -0.4 is 19.3 Å². The maximum Gasteiger partial charge on any atom is 0.344 e. The van der Waals surface area contributed by atoms with Crippen molar-refractivity contribution in [2.75, 3.05) is 28.4 Å². The summed E-state index contributed by atoms with van der Waals surface area (Å²) < 4.78 is 24.3. The highest BCUT2D eigenvalue weighted by atomic mass is 16.5. The summed E-state index contributed by atoms with van der Waals surface area (Å²) in [6.07, 6.45) is 22.3. The Morgan fingerprint density at radius 1 is 0.662 bits per heavy atom. The van der Waals surface area contributed by atoms with Crippen LogP contribution in [0.4, 0.5) is 0 Å².